The average Bonchev–Trinajstić information content (AvgIpc) is 2.54. The highest BCUT2D eigenvalue weighted by atomic mass is 35.5. The molecule has 0 bridgehead atoms. The molecular formula is C17H17ClFN3O2. The minimum Gasteiger partial charge on any atom is -0.507 e. The normalized spacial score (nSPS) is 11.5. The van der Waals surface area contributed by atoms with Gasteiger partial charge in [0.25, 0.3) is 0 Å². The number of nitrogens with zero attached hydrogens (tertiary/aromatic N) is 1. The molecule has 0 spiro atoms. The largest absolute Gasteiger partial charge is 0.507 e. The Kier molecular flexibility index (Phi) is 5.85. The molecule has 0 fully saturated rings. The summed E-state index contributed by atoms with van der Waals surface area (Å²) in [5.74, 6) is 5.45. The molecule has 0 amide bonds. The summed E-state index contributed by atoms with van der Waals surface area (Å²) < 4.78 is 19.3. The summed E-state index contributed by atoms with van der Waals surface area (Å²) in [6.07, 6.45) is 0.792. The van der Waals surface area contributed by atoms with Crippen LogP contribution in [0.3, 0.4) is 0 Å². The lowest BCUT2D eigenvalue weighted by atomic mass is 10.1. The second kappa shape index (κ2) is 7.86. The van der Waals surface area contributed by atoms with E-state index in [4.69, 9.17) is 22.1 Å². The number of phenolic OH excluding ortho intramolecular Hbond substituents is 1. The van der Waals surface area contributed by atoms with E-state index in [0.29, 0.717) is 12.1 Å². The SMILES string of the molecule is CNCC#Cc1cnc(N)c(OC(C)c2c(O)ccc(F)c2Cl)c1. The average molecular weight is 350 g/mol. The molecule has 2 rings (SSSR count). The van der Waals surface area contributed by atoms with Crippen LogP contribution in [-0.2, 0) is 0 Å². The van der Waals surface area contributed by atoms with Crippen molar-refractivity contribution in [1.82, 2.24) is 10.3 Å². The van der Waals surface area contributed by atoms with Crippen LogP contribution in [0.4, 0.5) is 10.2 Å². The molecular weight excluding hydrogens is 333 g/mol. The molecule has 1 atom stereocenters. The molecule has 5 nitrogen and oxygen atoms in total. The molecule has 7 heteroatoms. The first-order valence-corrected chi connectivity index (χ1v) is 7.54. The molecule has 24 heavy (non-hydrogen) atoms. The molecule has 0 aliphatic carbocycles. The highest BCUT2D eigenvalue weighted by molar-refractivity contribution is 6.31. The number of hydrogen-bond donors (Lipinski definition) is 3. The third kappa shape index (κ3) is 4.07. The molecule has 126 valence electrons. The van der Waals surface area contributed by atoms with Gasteiger partial charge in [-0.1, -0.05) is 23.4 Å². The highest BCUT2D eigenvalue weighted by Gasteiger charge is 2.20. The van der Waals surface area contributed by atoms with Gasteiger partial charge in [-0.25, -0.2) is 9.37 Å². The summed E-state index contributed by atoms with van der Waals surface area (Å²) in [7, 11) is 1.79. The quantitative estimate of drug-likeness (QED) is 0.739. The van der Waals surface area contributed by atoms with E-state index in [1.165, 1.54) is 12.3 Å². The number of benzene rings is 1. The van der Waals surface area contributed by atoms with Gasteiger partial charge in [0.05, 0.1) is 17.1 Å². The Morgan fingerprint density at radius 3 is 2.96 bits per heavy atom. The van der Waals surface area contributed by atoms with Crippen LogP contribution in [0.5, 0.6) is 11.5 Å². The van der Waals surface area contributed by atoms with E-state index in [-0.39, 0.29) is 27.9 Å². The van der Waals surface area contributed by atoms with Crippen molar-refractivity contribution in [3.05, 3.63) is 46.4 Å². The molecule has 0 aliphatic heterocycles. The number of pyridine rings is 1. The summed E-state index contributed by atoms with van der Waals surface area (Å²) in [6, 6.07) is 3.94. The van der Waals surface area contributed by atoms with Crippen molar-refractivity contribution in [1.29, 1.82) is 0 Å². The van der Waals surface area contributed by atoms with Crippen molar-refractivity contribution in [2.45, 2.75) is 13.0 Å². The Morgan fingerprint density at radius 1 is 1.50 bits per heavy atom. The van der Waals surface area contributed by atoms with Crippen molar-refractivity contribution in [2.24, 2.45) is 0 Å². The summed E-state index contributed by atoms with van der Waals surface area (Å²) in [5.41, 5.74) is 6.57. The van der Waals surface area contributed by atoms with E-state index < -0.39 is 11.9 Å². The topological polar surface area (TPSA) is 80.4 Å². The van der Waals surface area contributed by atoms with Crippen molar-refractivity contribution in [3.63, 3.8) is 0 Å². The minimum absolute atomic E-state index is 0.141. The number of aromatic nitrogens is 1. The molecule has 1 heterocycles. The Morgan fingerprint density at radius 2 is 2.25 bits per heavy atom. The first-order chi connectivity index (χ1) is 11.4. The van der Waals surface area contributed by atoms with Crippen LogP contribution in [0.2, 0.25) is 5.02 Å². The maximum Gasteiger partial charge on any atom is 0.166 e. The van der Waals surface area contributed by atoms with Gasteiger partial charge in [-0.05, 0) is 26.1 Å². The molecule has 2 aromatic rings. The predicted molar refractivity (Wildman–Crippen MR) is 91.6 cm³/mol. The van der Waals surface area contributed by atoms with E-state index in [1.54, 1.807) is 20.0 Å². The number of ether oxygens (including phenoxy) is 1. The van der Waals surface area contributed by atoms with Crippen LogP contribution < -0.4 is 15.8 Å². The van der Waals surface area contributed by atoms with Crippen LogP contribution in [0.1, 0.15) is 24.2 Å². The van der Waals surface area contributed by atoms with Gasteiger partial charge in [-0.2, -0.15) is 0 Å². The first kappa shape index (κ1) is 17.9. The van der Waals surface area contributed by atoms with Gasteiger partial charge in [0.2, 0.25) is 0 Å². The third-order valence-corrected chi connectivity index (χ3v) is 3.58. The summed E-state index contributed by atoms with van der Waals surface area (Å²) in [4.78, 5) is 4.03. The molecule has 0 aliphatic rings. The number of nitrogen functional groups attached to an aromatic ring is 1. The van der Waals surface area contributed by atoms with Crippen molar-refractivity contribution in [3.8, 4) is 23.3 Å². The molecule has 4 N–H and O–H groups in total. The number of halogens is 2. The van der Waals surface area contributed by atoms with Crippen LogP contribution in [0.25, 0.3) is 0 Å². The third-order valence-electron chi connectivity index (χ3n) is 3.20. The Labute approximate surface area is 144 Å². The Hall–Kier alpha value is -2.49. The number of nitrogens with one attached hydrogen (secondary N) is 1. The van der Waals surface area contributed by atoms with Crippen LogP contribution in [0, 0.1) is 17.7 Å². The summed E-state index contributed by atoms with van der Waals surface area (Å²) >= 11 is 5.92. The molecule has 0 radical (unpaired) electrons. The zero-order valence-electron chi connectivity index (χ0n) is 13.2. The lowest BCUT2D eigenvalue weighted by Crippen LogP contribution is -2.08. The fourth-order valence-corrected chi connectivity index (χ4v) is 2.36. The molecule has 1 aromatic heterocycles. The Balaban J connectivity index is 2.30. The standard InChI is InChI=1S/C17H17ClFN3O2/c1-10(15-13(23)6-5-12(19)16(15)18)24-14-8-11(4-3-7-21-2)9-22-17(14)20/h5-6,8-10,21,23H,7H2,1-2H3,(H2,20,22). The first-order valence-electron chi connectivity index (χ1n) is 7.16. The molecule has 0 saturated heterocycles. The predicted octanol–water partition coefficient (Wildman–Crippen LogP) is 2.87. The molecule has 1 aromatic carbocycles. The van der Waals surface area contributed by atoms with Gasteiger partial charge in [0.1, 0.15) is 17.7 Å². The van der Waals surface area contributed by atoms with Crippen LogP contribution in [-0.4, -0.2) is 23.7 Å². The van der Waals surface area contributed by atoms with Gasteiger partial charge in [-0.15, -0.1) is 0 Å². The van der Waals surface area contributed by atoms with E-state index in [2.05, 4.69) is 22.1 Å². The number of hydrogen-bond acceptors (Lipinski definition) is 5. The van der Waals surface area contributed by atoms with Gasteiger partial charge in [0.15, 0.2) is 11.6 Å². The maximum absolute atomic E-state index is 13.6. The van der Waals surface area contributed by atoms with Crippen molar-refractivity contribution < 1.29 is 14.2 Å². The summed E-state index contributed by atoms with van der Waals surface area (Å²) in [5, 5.41) is 12.6. The van der Waals surface area contributed by atoms with Crippen LogP contribution in [0.15, 0.2) is 24.4 Å². The van der Waals surface area contributed by atoms with Gasteiger partial charge in [0, 0.05) is 17.8 Å². The summed E-state index contributed by atoms with van der Waals surface area (Å²) in [6.45, 7) is 2.16. The van der Waals surface area contributed by atoms with E-state index >= 15 is 0 Å². The second-order valence-corrected chi connectivity index (χ2v) is 5.37. The van der Waals surface area contributed by atoms with Crippen molar-refractivity contribution >= 4 is 17.4 Å². The highest BCUT2D eigenvalue weighted by Crippen LogP contribution is 2.36. The number of anilines is 1. The lowest BCUT2D eigenvalue weighted by molar-refractivity contribution is 0.222. The lowest BCUT2D eigenvalue weighted by Gasteiger charge is -2.18. The van der Waals surface area contributed by atoms with Gasteiger partial charge >= 0.3 is 0 Å². The fraction of sp³-hybridized carbons (Fsp3) is 0.235. The number of rotatable bonds is 4. The maximum atomic E-state index is 13.6. The van der Waals surface area contributed by atoms with E-state index in [9.17, 15) is 9.50 Å². The number of nitrogens with two attached hydrogens (primary N) is 1. The van der Waals surface area contributed by atoms with Crippen molar-refractivity contribution in [2.75, 3.05) is 19.3 Å². The minimum atomic E-state index is -0.738. The zero-order valence-corrected chi connectivity index (χ0v) is 14.0. The molecule has 1 unspecified atom stereocenters. The Bertz CT molecular complexity index is 802. The monoisotopic (exact) mass is 349 g/mol. The van der Waals surface area contributed by atoms with E-state index in [1.807, 2.05) is 0 Å². The fourth-order valence-electron chi connectivity index (χ4n) is 2.04. The number of phenols is 1. The second-order valence-electron chi connectivity index (χ2n) is 4.99. The van der Waals surface area contributed by atoms with Gasteiger partial charge in [-0.3, -0.25) is 0 Å². The van der Waals surface area contributed by atoms with Crippen LogP contribution >= 0.6 is 11.6 Å². The number of aromatic hydroxyl groups is 1. The smallest absolute Gasteiger partial charge is 0.166 e. The molecule has 0 saturated carbocycles. The zero-order chi connectivity index (χ0) is 17.7. The van der Waals surface area contributed by atoms with E-state index in [0.717, 1.165) is 6.07 Å². The van der Waals surface area contributed by atoms with Gasteiger partial charge < -0.3 is 20.9 Å².